The molecule has 0 radical (unpaired) electrons. The maximum absolute atomic E-state index is 8.70. The molecule has 0 aliphatic rings. The quantitative estimate of drug-likeness (QED) is 0.888. The predicted octanol–water partition coefficient (Wildman–Crippen LogP) is 3.10. The Morgan fingerprint density at radius 1 is 1.33 bits per heavy atom. The van der Waals surface area contributed by atoms with Gasteiger partial charge in [0.1, 0.15) is 0 Å². The highest BCUT2D eigenvalue weighted by atomic mass is 32.1. The molecule has 94 valence electrons. The number of nitrogen functional groups attached to an aromatic ring is 1. The number of nitrogens with zero attached hydrogens (tertiary/aromatic N) is 1. The van der Waals surface area contributed by atoms with Gasteiger partial charge >= 0.3 is 0 Å². The highest BCUT2D eigenvalue weighted by molar-refractivity contribution is 7.15. The molecule has 0 spiro atoms. The molecule has 1 heterocycles. The number of hydrogen-bond acceptors (Lipinski definition) is 4. The minimum atomic E-state index is 0.186. The van der Waals surface area contributed by atoms with E-state index in [1.54, 1.807) is 0 Å². The molecular formula is C14H16N2OS. The van der Waals surface area contributed by atoms with Gasteiger partial charge in [-0.15, -0.1) is 11.3 Å². The molecule has 18 heavy (non-hydrogen) atoms. The maximum Gasteiger partial charge on any atom is 0.180 e. The van der Waals surface area contributed by atoms with Crippen LogP contribution in [0.15, 0.2) is 30.3 Å². The number of aliphatic hydroxyl groups is 1. The lowest BCUT2D eigenvalue weighted by Crippen LogP contribution is -1.84. The summed E-state index contributed by atoms with van der Waals surface area (Å²) >= 11 is 1.51. The first kappa shape index (κ1) is 12.8. The summed E-state index contributed by atoms with van der Waals surface area (Å²) in [7, 11) is 0. The number of nitrogens with two attached hydrogens (primary N) is 1. The minimum absolute atomic E-state index is 0.186. The van der Waals surface area contributed by atoms with Gasteiger partial charge in [-0.1, -0.05) is 36.4 Å². The standard InChI is InChI=1S/C14H16N2OS/c1-10-13(16-14(15)18-10)12-7-5-11(6-8-12)4-2-3-9-17/h2,4-8,17H,3,9H2,1H3,(H2,15,16). The van der Waals surface area contributed by atoms with Gasteiger partial charge in [-0.2, -0.15) is 0 Å². The van der Waals surface area contributed by atoms with Crippen LogP contribution in [0.3, 0.4) is 0 Å². The molecule has 0 bridgehead atoms. The van der Waals surface area contributed by atoms with Gasteiger partial charge in [0.25, 0.3) is 0 Å². The third-order valence-corrected chi connectivity index (χ3v) is 3.40. The molecule has 0 atom stereocenters. The van der Waals surface area contributed by atoms with Crippen molar-refractivity contribution < 1.29 is 5.11 Å². The summed E-state index contributed by atoms with van der Waals surface area (Å²) in [6, 6.07) is 8.16. The summed E-state index contributed by atoms with van der Waals surface area (Å²) in [6.45, 7) is 2.21. The number of anilines is 1. The normalized spacial score (nSPS) is 11.2. The summed E-state index contributed by atoms with van der Waals surface area (Å²) in [6.07, 6.45) is 4.65. The van der Waals surface area contributed by atoms with Crippen LogP contribution in [0.1, 0.15) is 16.9 Å². The van der Waals surface area contributed by atoms with E-state index in [1.807, 2.05) is 43.3 Å². The lowest BCUT2D eigenvalue weighted by molar-refractivity contribution is 0.303. The van der Waals surface area contributed by atoms with E-state index in [0.717, 1.165) is 21.7 Å². The Bertz CT molecular complexity index is 543. The lowest BCUT2D eigenvalue weighted by atomic mass is 10.1. The Balaban J connectivity index is 2.19. The molecule has 0 saturated heterocycles. The van der Waals surface area contributed by atoms with E-state index in [9.17, 15) is 0 Å². The Kier molecular flexibility index (Phi) is 4.12. The van der Waals surface area contributed by atoms with Gasteiger partial charge < -0.3 is 10.8 Å². The van der Waals surface area contributed by atoms with Gasteiger partial charge in [0, 0.05) is 17.0 Å². The fraction of sp³-hybridized carbons (Fsp3) is 0.214. The summed E-state index contributed by atoms with van der Waals surface area (Å²) in [5, 5.41) is 9.31. The number of thiazole rings is 1. The largest absolute Gasteiger partial charge is 0.396 e. The van der Waals surface area contributed by atoms with E-state index >= 15 is 0 Å². The molecule has 3 nitrogen and oxygen atoms in total. The molecule has 4 heteroatoms. The van der Waals surface area contributed by atoms with Crippen LogP contribution < -0.4 is 5.73 Å². The summed E-state index contributed by atoms with van der Waals surface area (Å²) in [5.41, 5.74) is 8.86. The van der Waals surface area contributed by atoms with Gasteiger partial charge in [0.05, 0.1) is 5.69 Å². The molecule has 0 amide bonds. The summed E-state index contributed by atoms with van der Waals surface area (Å²) in [5.74, 6) is 0. The second-order valence-corrected chi connectivity index (χ2v) is 5.23. The Morgan fingerprint density at radius 3 is 2.61 bits per heavy atom. The SMILES string of the molecule is Cc1sc(N)nc1-c1ccc(C=CCCO)cc1. The number of aliphatic hydroxyl groups excluding tert-OH is 1. The zero-order chi connectivity index (χ0) is 13.0. The average molecular weight is 260 g/mol. The van der Waals surface area contributed by atoms with Crippen LogP contribution in [-0.4, -0.2) is 16.7 Å². The van der Waals surface area contributed by atoms with Gasteiger partial charge in [0.15, 0.2) is 5.13 Å². The topological polar surface area (TPSA) is 59.1 Å². The molecule has 1 aromatic heterocycles. The van der Waals surface area contributed by atoms with E-state index < -0.39 is 0 Å². The molecule has 0 fully saturated rings. The van der Waals surface area contributed by atoms with Gasteiger partial charge in [0.2, 0.25) is 0 Å². The van der Waals surface area contributed by atoms with Crippen LogP contribution in [0.2, 0.25) is 0 Å². The average Bonchev–Trinajstić information content (AvgIpc) is 2.70. The number of aromatic nitrogens is 1. The van der Waals surface area contributed by atoms with Crippen molar-refractivity contribution in [3.8, 4) is 11.3 Å². The van der Waals surface area contributed by atoms with E-state index in [4.69, 9.17) is 10.8 Å². The molecular weight excluding hydrogens is 244 g/mol. The van der Waals surface area contributed by atoms with E-state index in [2.05, 4.69) is 4.98 Å². The van der Waals surface area contributed by atoms with Gasteiger partial charge in [-0.3, -0.25) is 0 Å². The molecule has 0 aliphatic heterocycles. The van der Waals surface area contributed by atoms with E-state index in [1.165, 1.54) is 11.3 Å². The zero-order valence-corrected chi connectivity index (χ0v) is 11.1. The van der Waals surface area contributed by atoms with Crippen molar-refractivity contribution in [3.63, 3.8) is 0 Å². The second-order valence-electron chi connectivity index (χ2n) is 3.99. The van der Waals surface area contributed by atoms with Crippen LogP contribution in [0.4, 0.5) is 5.13 Å². The number of hydrogen-bond donors (Lipinski definition) is 2. The number of aryl methyl sites for hydroxylation is 1. The van der Waals surface area contributed by atoms with Crippen molar-refractivity contribution in [2.24, 2.45) is 0 Å². The first-order valence-electron chi connectivity index (χ1n) is 5.81. The second kappa shape index (κ2) is 5.80. The van der Waals surface area contributed by atoms with Crippen molar-refractivity contribution in [3.05, 3.63) is 40.8 Å². The molecule has 3 N–H and O–H groups in total. The van der Waals surface area contributed by atoms with Gasteiger partial charge in [-0.25, -0.2) is 4.98 Å². The highest BCUT2D eigenvalue weighted by Gasteiger charge is 2.07. The van der Waals surface area contributed by atoms with E-state index in [0.29, 0.717) is 11.6 Å². The first-order valence-corrected chi connectivity index (χ1v) is 6.63. The molecule has 0 aliphatic carbocycles. The Morgan fingerprint density at radius 2 is 2.06 bits per heavy atom. The maximum atomic E-state index is 8.70. The van der Waals surface area contributed by atoms with Crippen LogP contribution in [0.5, 0.6) is 0 Å². The first-order chi connectivity index (χ1) is 8.70. The smallest absolute Gasteiger partial charge is 0.180 e. The monoisotopic (exact) mass is 260 g/mol. The number of rotatable bonds is 4. The third-order valence-electron chi connectivity index (χ3n) is 2.60. The van der Waals surface area contributed by atoms with Gasteiger partial charge in [-0.05, 0) is 18.9 Å². The molecule has 0 saturated carbocycles. The molecule has 2 aromatic rings. The van der Waals surface area contributed by atoms with Crippen LogP contribution in [-0.2, 0) is 0 Å². The predicted molar refractivity (Wildman–Crippen MR) is 77.4 cm³/mol. The summed E-state index contributed by atoms with van der Waals surface area (Å²) in [4.78, 5) is 5.47. The van der Waals surface area contributed by atoms with Crippen molar-refractivity contribution in [1.29, 1.82) is 0 Å². The van der Waals surface area contributed by atoms with Crippen molar-refractivity contribution in [2.45, 2.75) is 13.3 Å². The Labute approximate surface area is 111 Å². The van der Waals surface area contributed by atoms with E-state index in [-0.39, 0.29) is 6.61 Å². The minimum Gasteiger partial charge on any atom is -0.396 e. The third kappa shape index (κ3) is 2.97. The number of benzene rings is 1. The van der Waals surface area contributed by atoms with Crippen LogP contribution >= 0.6 is 11.3 Å². The fourth-order valence-corrected chi connectivity index (χ4v) is 2.44. The lowest BCUT2D eigenvalue weighted by Gasteiger charge is -1.99. The molecule has 2 rings (SSSR count). The van der Waals surface area contributed by atoms with Crippen molar-refractivity contribution in [1.82, 2.24) is 4.98 Å². The van der Waals surface area contributed by atoms with Crippen molar-refractivity contribution >= 4 is 22.5 Å². The summed E-state index contributed by atoms with van der Waals surface area (Å²) < 4.78 is 0. The van der Waals surface area contributed by atoms with Crippen LogP contribution in [0, 0.1) is 6.92 Å². The molecule has 0 unspecified atom stereocenters. The highest BCUT2D eigenvalue weighted by Crippen LogP contribution is 2.28. The zero-order valence-electron chi connectivity index (χ0n) is 10.3. The van der Waals surface area contributed by atoms with Crippen molar-refractivity contribution in [2.75, 3.05) is 12.3 Å². The fourth-order valence-electron chi connectivity index (χ4n) is 1.73. The molecule has 1 aromatic carbocycles. The van der Waals surface area contributed by atoms with Crippen LogP contribution in [0.25, 0.3) is 17.3 Å². The Hall–Kier alpha value is -1.65.